The molecule has 2 rings (SSSR count). The zero-order chi connectivity index (χ0) is 14.0. The molecule has 0 saturated heterocycles. The number of aromatic nitrogens is 2. The maximum absolute atomic E-state index is 11.9. The molecule has 1 aromatic carbocycles. The Hall–Kier alpha value is -2.05. The number of aromatic amines is 1. The molecule has 1 amide bonds. The SMILES string of the molecule is O=C(O)c1cc(NC(=O)c2cccc(Cl)c2Cl)n[nH]1. The highest BCUT2D eigenvalue weighted by atomic mass is 35.5. The summed E-state index contributed by atoms with van der Waals surface area (Å²) in [6, 6.07) is 5.82. The summed E-state index contributed by atoms with van der Waals surface area (Å²) < 4.78 is 0. The van der Waals surface area contributed by atoms with Gasteiger partial charge >= 0.3 is 5.97 Å². The molecular weight excluding hydrogens is 293 g/mol. The Kier molecular flexibility index (Phi) is 3.73. The van der Waals surface area contributed by atoms with Gasteiger partial charge in [-0.3, -0.25) is 9.89 Å². The molecule has 0 fully saturated rings. The fraction of sp³-hybridized carbons (Fsp3) is 0. The number of rotatable bonds is 3. The van der Waals surface area contributed by atoms with Crippen molar-refractivity contribution < 1.29 is 14.7 Å². The number of amides is 1. The smallest absolute Gasteiger partial charge is 0.353 e. The van der Waals surface area contributed by atoms with E-state index in [0.29, 0.717) is 0 Å². The Labute approximate surface area is 117 Å². The molecule has 19 heavy (non-hydrogen) atoms. The number of hydrogen-bond donors (Lipinski definition) is 3. The van der Waals surface area contributed by atoms with Gasteiger partial charge in [-0.15, -0.1) is 0 Å². The molecule has 0 aliphatic rings. The lowest BCUT2D eigenvalue weighted by atomic mass is 10.2. The summed E-state index contributed by atoms with van der Waals surface area (Å²) in [6.45, 7) is 0. The third kappa shape index (κ3) is 2.86. The second-order valence-corrected chi connectivity index (χ2v) is 4.31. The normalized spacial score (nSPS) is 10.2. The molecule has 0 aliphatic carbocycles. The van der Waals surface area contributed by atoms with Gasteiger partial charge in [0.1, 0.15) is 5.69 Å². The van der Waals surface area contributed by atoms with Crippen molar-refractivity contribution in [3.8, 4) is 0 Å². The third-order valence-corrected chi connectivity index (χ3v) is 3.06. The second kappa shape index (κ2) is 5.29. The number of halogens is 2. The van der Waals surface area contributed by atoms with Crippen LogP contribution in [0.15, 0.2) is 24.3 Å². The van der Waals surface area contributed by atoms with Gasteiger partial charge in [0.25, 0.3) is 5.91 Å². The predicted molar refractivity (Wildman–Crippen MR) is 70.0 cm³/mol. The highest BCUT2D eigenvalue weighted by molar-refractivity contribution is 6.44. The molecular formula is C11H7Cl2N3O3. The van der Waals surface area contributed by atoms with Crippen molar-refractivity contribution in [2.75, 3.05) is 5.32 Å². The highest BCUT2D eigenvalue weighted by Gasteiger charge is 2.15. The molecule has 8 heteroatoms. The Bertz CT molecular complexity index is 654. The van der Waals surface area contributed by atoms with Crippen LogP contribution < -0.4 is 5.32 Å². The number of hydrogen-bond acceptors (Lipinski definition) is 3. The van der Waals surface area contributed by atoms with Crippen LogP contribution in [0.1, 0.15) is 20.8 Å². The van der Waals surface area contributed by atoms with Crippen LogP contribution in [-0.2, 0) is 0 Å². The van der Waals surface area contributed by atoms with Crippen LogP contribution in [0.3, 0.4) is 0 Å². The summed E-state index contributed by atoms with van der Waals surface area (Å²) in [7, 11) is 0. The van der Waals surface area contributed by atoms with Gasteiger partial charge in [-0.1, -0.05) is 29.3 Å². The minimum absolute atomic E-state index is 0.0819. The number of aromatic carboxylic acids is 1. The van der Waals surface area contributed by atoms with Crippen molar-refractivity contribution in [1.29, 1.82) is 0 Å². The molecule has 0 aliphatic heterocycles. The molecule has 0 radical (unpaired) electrons. The Morgan fingerprint density at radius 1 is 1.32 bits per heavy atom. The van der Waals surface area contributed by atoms with Crippen LogP contribution in [0.2, 0.25) is 10.0 Å². The zero-order valence-corrected chi connectivity index (χ0v) is 10.8. The summed E-state index contributed by atoms with van der Waals surface area (Å²) in [5, 5.41) is 17.4. The fourth-order valence-electron chi connectivity index (χ4n) is 1.36. The standard InChI is InChI=1S/C11H7Cl2N3O3/c12-6-3-1-2-5(9(6)13)10(17)14-8-4-7(11(18)19)15-16-8/h1-4H,(H,18,19)(H2,14,15,16,17). The molecule has 0 bridgehead atoms. The molecule has 0 saturated carbocycles. The van der Waals surface area contributed by atoms with Crippen molar-refractivity contribution in [3.05, 3.63) is 45.6 Å². The average molecular weight is 300 g/mol. The van der Waals surface area contributed by atoms with Gasteiger partial charge in [0.15, 0.2) is 5.82 Å². The topological polar surface area (TPSA) is 95.1 Å². The van der Waals surface area contributed by atoms with E-state index < -0.39 is 11.9 Å². The lowest BCUT2D eigenvalue weighted by Crippen LogP contribution is -2.12. The molecule has 6 nitrogen and oxygen atoms in total. The molecule has 1 heterocycles. The Balaban J connectivity index is 2.21. The van der Waals surface area contributed by atoms with Crippen LogP contribution in [0.5, 0.6) is 0 Å². The minimum atomic E-state index is -1.17. The number of nitrogens with zero attached hydrogens (tertiary/aromatic N) is 1. The lowest BCUT2D eigenvalue weighted by Gasteiger charge is -2.04. The van der Waals surface area contributed by atoms with E-state index >= 15 is 0 Å². The number of benzene rings is 1. The monoisotopic (exact) mass is 299 g/mol. The molecule has 1 aromatic heterocycles. The third-order valence-electron chi connectivity index (χ3n) is 2.25. The second-order valence-electron chi connectivity index (χ2n) is 3.53. The minimum Gasteiger partial charge on any atom is -0.477 e. The van der Waals surface area contributed by atoms with Crippen molar-refractivity contribution >= 4 is 40.9 Å². The van der Waals surface area contributed by atoms with Gasteiger partial charge in [-0.05, 0) is 12.1 Å². The number of carboxylic acid groups (broad SMARTS) is 1. The van der Waals surface area contributed by atoms with E-state index in [1.165, 1.54) is 12.1 Å². The zero-order valence-electron chi connectivity index (χ0n) is 9.28. The first-order valence-electron chi connectivity index (χ1n) is 5.03. The number of H-pyrrole nitrogens is 1. The Morgan fingerprint density at radius 2 is 2.05 bits per heavy atom. The van der Waals surface area contributed by atoms with E-state index in [2.05, 4.69) is 15.5 Å². The number of carbonyl (C=O) groups is 2. The van der Waals surface area contributed by atoms with Gasteiger partial charge in [0.2, 0.25) is 0 Å². The van der Waals surface area contributed by atoms with Crippen LogP contribution in [0.4, 0.5) is 5.82 Å². The maximum Gasteiger partial charge on any atom is 0.353 e. The average Bonchev–Trinajstić information content (AvgIpc) is 2.81. The number of carbonyl (C=O) groups excluding carboxylic acids is 1. The van der Waals surface area contributed by atoms with Crippen LogP contribution >= 0.6 is 23.2 Å². The van der Waals surface area contributed by atoms with Gasteiger partial charge in [-0.2, -0.15) is 5.10 Å². The number of carboxylic acids is 1. The van der Waals surface area contributed by atoms with E-state index in [-0.39, 0.29) is 27.1 Å². The van der Waals surface area contributed by atoms with E-state index in [1.54, 1.807) is 12.1 Å². The molecule has 3 N–H and O–H groups in total. The summed E-state index contributed by atoms with van der Waals surface area (Å²) in [5.74, 6) is -1.62. The molecule has 0 spiro atoms. The van der Waals surface area contributed by atoms with Crippen LogP contribution in [-0.4, -0.2) is 27.2 Å². The lowest BCUT2D eigenvalue weighted by molar-refractivity contribution is 0.0690. The van der Waals surface area contributed by atoms with Crippen LogP contribution in [0, 0.1) is 0 Å². The summed E-state index contributed by atoms with van der Waals surface area (Å²) in [6.07, 6.45) is 0. The van der Waals surface area contributed by atoms with Crippen molar-refractivity contribution in [3.63, 3.8) is 0 Å². The first kappa shape index (κ1) is 13.4. The van der Waals surface area contributed by atoms with Crippen molar-refractivity contribution in [2.45, 2.75) is 0 Å². The first-order chi connectivity index (χ1) is 8.99. The van der Waals surface area contributed by atoms with E-state index in [4.69, 9.17) is 28.3 Å². The molecule has 98 valence electrons. The van der Waals surface area contributed by atoms with Crippen molar-refractivity contribution in [1.82, 2.24) is 10.2 Å². The van der Waals surface area contributed by atoms with Gasteiger partial charge in [0, 0.05) is 6.07 Å². The largest absolute Gasteiger partial charge is 0.477 e. The van der Waals surface area contributed by atoms with E-state index in [0.717, 1.165) is 0 Å². The number of anilines is 1. The van der Waals surface area contributed by atoms with Crippen LogP contribution in [0.25, 0.3) is 0 Å². The van der Waals surface area contributed by atoms with Gasteiger partial charge in [0.05, 0.1) is 15.6 Å². The first-order valence-corrected chi connectivity index (χ1v) is 5.78. The summed E-state index contributed by atoms with van der Waals surface area (Å²) in [5.41, 5.74) is 0.0431. The fourth-order valence-corrected chi connectivity index (χ4v) is 1.74. The molecule has 2 aromatic rings. The quantitative estimate of drug-likeness (QED) is 0.812. The van der Waals surface area contributed by atoms with Gasteiger partial charge in [-0.25, -0.2) is 4.79 Å². The molecule has 0 unspecified atom stereocenters. The molecule has 0 atom stereocenters. The highest BCUT2D eigenvalue weighted by Crippen LogP contribution is 2.26. The van der Waals surface area contributed by atoms with Crippen molar-refractivity contribution in [2.24, 2.45) is 0 Å². The van der Waals surface area contributed by atoms with E-state index in [1.807, 2.05) is 0 Å². The number of nitrogens with one attached hydrogen (secondary N) is 2. The predicted octanol–water partition coefficient (Wildman–Crippen LogP) is 2.67. The summed E-state index contributed by atoms with van der Waals surface area (Å²) >= 11 is 11.7. The Morgan fingerprint density at radius 3 is 2.68 bits per heavy atom. The van der Waals surface area contributed by atoms with E-state index in [9.17, 15) is 9.59 Å². The summed E-state index contributed by atoms with van der Waals surface area (Å²) in [4.78, 5) is 22.6. The van der Waals surface area contributed by atoms with Gasteiger partial charge < -0.3 is 10.4 Å². The maximum atomic E-state index is 11.9.